The fraction of sp³-hybridized carbons (Fsp3) is 0.176. The van der Waals surface area contributed by atoms with Gasteiger partial charge in [0.1, 0.15) is 4.87 Å². The SMILES string of the molecule is NC(=S)NN=CC1CSc2c(Cl)cc(Cl)cc2C1(Cl)c1ccccc1. The predicted molar refractivity (Wildman–Crippen MR) is 112 cm³/mol. The summed E-state index contributed by atoms with van der Waals surface area (Å²) >= 11 is 26.3. The molecule has 0 radical (unpaired) electrons. The quantitative estimate of drug-likeness (QED) is 0.311. The van der Waals surface area contributed by atoms with E-state index in [1.54, 1.807) is 24.0 Å². The Morgan fingerprint density at radius 3 is 2.72 bits per heavy atom. The second kappa shape index (κ2) is 7.72. The number of halogens is 3. The number of hydrazone groups is 1. The molecule has 0 saturated heterocycles. The minimum atomic E-state index is -0.849. The van der Waals surface area contributed by atoms with Crippen LogP contribution < -0.4 is 11.2 Å². The monoisotopic (exact) mass is 429 g/mol. The molecule has 2 unspecified atom stereocenters. The molecule has 2 aromatic carbocycles. The molecule has 8 heteroatoms. The van der Waals surface area contributed by atoms with E-state index >= 15 is 0 Å². The van der Waals surface area contributed by atoms with Crippen LogP contribution in [0.5, 0.6) is 0 Å². The van der Waals surface area contributed by atoms with Gasteiger partial charge in [0.25, 0.3) is 0 Å². The normalized spacial score (nSPS) is 22.6. The van der Waals surface area contributed by atoms with Crippen LogP contribution in [-0.2, 0) is 4.87 Å². The number of nitrogens with zero attached hydrogens (tertiary/aromatic N) is 1. The van der Waals surface area contributed by atoms with Crippen molar-refractivity contribution in [3.8, 4) is 0 Å². The Morgan fingerprint density at radius 1 is 1.32 bits per heavy atom. The fourth-order valence-corrected chi connectivity index (χ4v) is 5.37. The molecule has 25 heavy (non-hydrogen) atoms. The number of thioether (sulfide) groups is 1. The fourth-order valence-electron chi connectivity index (χ4n) is 2.85. The molecule has 1 aliphatic rings. The highest BCUT2D eigenvalue weighted by Crippen LogP contribution is 2.54. The van der Waals surface area contributed by atoms with Gasteiger partial charge in [0.05, 0.1) is 5.02 Å². The molecule has 1 heterocycles. The van der Waals surface area contributed by atoms with Gasteiger partial charge in [-0.15, -0.1) is 23.4 Å². The molecule has 0 aromatic heterocycles. The van der Waals surface area contributed by atoms with Gasteiger partial charge in [0, 0.05) is 27.8 Å². The average Bonchev–Trinajstić information content (AvgIpc) is 2.58. The second-order valence-electron chi connectivity index (χ2n) is 5.51. The molecule has 3 N–H and O–H groups in total. The maximum absolute atomic E-state index is 7.24. The van der Waals surface area contributed by atoms with Gasteiger partial charge in [-0.1, -0.05) is 53.5 Å². The van der Waals surface area contributed by atoms with Gasteiger partial charge in [-0.25, -0.2) is 0 Å². The summed E-state index contributed by atoms with van der Waals surface area (Å²) < 4.78 is 0. The zero-order chi connectivity index (χ0) is 18.0. The number of nitrogens with one attached hydrogen (secondary N) is 1. The molecule has 0 aliphatic carbocycles. The first-order valence-corrected chi connectivity index (χ1v) is 9.91. The van der Waals surface area contributed by atoms with Crippen LogP contribution in [0.25, 0.3) is 0 Å². The summed E-state index contributed by atoms with van der Waals surface area (Å²) in [5, 5.41) is 5.38. The summed E-state index contributed by atoms with van der Waals surface area (Å²) in [5.41, 5.74) is 9.85. The molecule has 3 rings (SSSR count). The van der Waals surface area contributed by atoms with Crippen molar-refractivity contribution in [3.05, 3.63) is 63.6 Å². The Bertz CT molecular complexity index is 829. The van der Waals surface area contributed by atoms with Crippen molar-refractivity contribution in [1.82, 2.24) is 5.43 Å². The van der Waals surface area contributed by atoms with E-state index in [4.69, 9.17) is 52.8 Å². The van der Waals surface area contributed by atoms with Crippen LogP contribution in [0, 0.1) is 5.92 Å². The van der Waals surface area contributed by atoms with Crippen molar-refractivity contribution in [2.75, 3.05) is 5.75 Å². The van der Waals surface area contributed by atoms with Gasteiger partial charge in [-0.2, -0.15) is 5.10 Å². The summed E-state index contributed by atoms with van der Waals surface area (Å²) in [6.07, 6.45) is 1.74. The van der Waals surface area contributed by atoms with Gasteiger partial charge >= 0.3 is 0 Å². The molecule has 0 fully saturated rings. The lowest BCUT2D eigenvalue weighted by Crippen LogP contribution is -2.37. The Morgan fingerprint density at radius 2 is 2.04 bits per heavy atom. The standard InChI is InChI=1S/C17H14Cl3N3S2/c18-12-6-13-15(14(19)7-12)25-9-11(8-22-23-16(21)24)17(13,20)10-4-2-1-3-5-10/h1-8,11H,9H2,(H3,21,23,24). The average molecular weight is 431 g/mol. The van der Waals surface area contributed by atoms with E-state index in [-0.39, 0.29) is 11.0 Å². The van der Waals surface area contributed by atoms with Gasteiger partial charge in [-0.3, -0.25) is 5.43 Å². The number of fused-ring (bicyclic) bond motifs is 1. The van der Waals surface area contributed by atoms with Crippen LogP contribution in [0.1, 0.15) is 11.1 Å². The third-order valence-electron chi connectivity index (χ3n) is 3.94. The van der Waals surface area contributed by atoms with Crippen molar-refractivity contribution in [2.45, 2.75) is 9.77 Å². The zero-order valence-corrected chi connectivity index (χ0v) is 16.8. The van der Waals surface area contributed by atoms with Gasteiger partial charge in [0.15, 0.2) is 5.11 Å². The van der Waals surface area contributed by atoms with Crippen molar-refractivity contribution in [3.63, 3.8) is 0 Å². The largest absolute Gasteiger partial charge is 0.375 e. The molecule has 0 spiro atoms. The Balaban J connectivity index is 2.15. The maximum Gasteiger partial charge on any atom is 0.184 e. The molecule has 2 aromatic rings. The zero-order valence-electron chi connectivity index (χ0n) is 12.9. The van der Waals surface area contributed by atoms with Crippen molar-refractivity contribution >= 4 is 70.1 Å². The van der Waals surface area contributed by atoms with E-state index in [1.165, 1.54) is 0 Å². The molecule has 3 nitrogen and oxygen atoms in total. The molecular weight excluding hydrogens is 417 g/mol. The first-order valence-electron chi connectivity index (χ1n) is 7.38. The maximum atomic E-state index is 7.24. The van der Waals surface area contributed by atoms with Gasteiger partial charge < -0.3 is 5.73 Å². The summed E-state index contributed by atoms with van der Waals surface area (Å²) in [4.78, 5) is 0.0921. The number of nitrogens with two attached hydrogens (primary N) is 1. The van der Waals surface area contributed by atoms with E-state index in [0.717, 1.165) is 16.0 Å². The highest BCUT2D eigenvalue weighted by Gasteiger charge is 2.45. The number of rotatable bonds is 3. The number of thiocarbonyl (C=S) groups is 1. The van der Waals surface area contributed by atoms with Crippen molar-refractivity contribution in [2.24, 2.45) is 16.8 Å². The number of benzene rings is 2. The Labute approximate surface area is 170 Å². The van der Waals surface area contributed by atoms with Crippen molar-refractivity contribution < 1.29 is 0 Å². The minimum absolute atomic E-state index is 0.103. The molecule has 1 aliphatic heterocycles. The summed E-state index contributed by atoms with van der Waals surface area (Å²) in [5.74, 6) is 0.584. The van der Waals surface area contributed by atoms with Crippen LogP contribution in [0.15, 0.2) is 52.5 Å². The molecule has 130 valence electrons. The lowest BCUT2D eigenvalue weighted by atomic mass is 9.80. The molecule has 0 bridgehead atoms. The second-order valence-corrected chi connectivity index (χ2v) is 8.42. The van der Waals surface area contributed by atoms with Gasteiger partial charge in [-0.05, 0) is 35.5 Å². The summed E-state index contributed by atoms with van der Waals surface area (Å²) in [6, 6.07) is 13.4. The number of alkyl halides is 1. The summed E-state index contributed by atoms with van der Waals surface area (Å²) in [6.45, 7) is 0. The highest BCUT2D eigenvalue weighted by atomic mass is 35.5. The lowest BCUT2D eigenvalue weighted by Gasteiger charge is -2.39. The molecule has 0 amide bonds. The molecular formula is C17H14Cl3N3S2. The molecule has 0 saturated carbocycles. The van der Waals surface area contributed by atoms with Crippen LogP contribution in [0.3, 0.4) is 0 Å². The minimum Gasteiger partial charge on any atom is -0.375 e. The van der Waals surface area contributed by atoms with E-state index in [1.807, 2.05) is 36.4 Å². The number of hydrogen-bond acceptors (Lipinski definition) is 3. The Kier molecular flexibility index (Phi) is 5.81. The Hall–Kier alpha value is -0.980. The van der Waals surface area contributed by atoms with Crippen LogP contribution in [0.4, 0.5) is 0 Å². The third-order valence-corrected chi connectivity index (χ3v) is 6.62. The summed E-state index contributed by atoms with van der Waals surface area (Å²) in [7, 11) is 0. The van der Waals surface area contributed by atoms with Crippen LogP contribution >= 0.6 is 58.8 Å². The predicted octanol–water partition coefficient (Wildman–Crippen LogP) is 5.02. The first kappa shape index (κ1) is 18.8. The van der Waals surface area contributed by atoms with E-state index in [0.29, 0.717) is 15.8 Å². The number of hydrogen-bond donors (Lipinski definition) is 2. The van der Waals surface area contributed by atoms with E-state index in [2.05, 4.69) is 10.5 Å². The van der Waals surface area contributed by atoms with Crippen molar-refractivity contribution in [1.29, 1.82) is 0 Å². The van der Waals surface area contributed by atoms with Crippen LogP contribution in [0.2, 0.25) is 10.0 Å². The molecule has 2 atom stereocenters. The van der Waals surface area contributed by atoms with Crippen LogP contribution in [-0.4, -0.2) is 17.1 Å². The highest BCUT2D eigenvalue weighted by molar-refractivity contribution is 7.99. The smallest absolute Gasteiger partial charge is 0.184 e. The third kappa shape index (κ3) is 3.76. The first-order chi connectivity index (χ1) is 11.9. The van der Waals surface area contributed by atoms with E-state index < -0.39 is 4.87 Å². The lowest BCUT2D eigenvalue weighted by molar-refractivity contribution is 0.586. The topological polar surface area (TPSA) is 50.4 Å². The van der Waals surface area contributed by atoms with E-state index in [9.17, 15) is 0 Å². The van der Waals surface area contributed by atoms with Gasteiger partial charge in [0.2, 0.25) is 0 Å².